The summed E-state index contributed by atoms with van der Waals surface area (Å²) in [6.07, 6.45) is 0. The van der Waals surface area contributed by atoms with Crippen molar-refractivity contribution in [1.82, 2.24) is 0 Å². The van der Waals surface area contributed by atoms with Gasteiger partial charge in [-0.25, -0.2) is 0 Å². The molecule has 0 rings (SSSR count). The predicted octanol–water partition coefficient (Wildman–Crippen LogP) is -2.33. The van der Waals surface area contributed by atoms with Crippen molar-refractivity contribution in [2.45, 2.75) is 0 Å². The average molecular weight is 177 g/mol. The van der Waals surface area contributed by atoms with Crippen LogP contribution in [0.2, 0.25) is 0 Å². The first-order valence-electron chi connectivity index (χ1n) is 1.53. The molecular formula is C3H6BrNaO2. The summed E-state index contributed by atoms with van der Waals surface area (Å²) in [5, 5.41) is 0.714. The third-order valence-electron chi connectivity index (χ3n) is 0.263. The van der Waals surface area contributed by atoms with Gasteiger partial charge in [0, 0.05) is 5.33 Å². The molecule has 0 aliphatic rings. The van der Waals surface area contributed by atoms with E-state index >= 15 is 0 Å². The third-order valence-corrected chi connectivity index (χ3v) is 0.587. The molecule has 0 radical (unpaired) electrons. The molecule has 0 spiro atoms. The molecule has 0 aliphatic carbocycles. The van der Waals surface area contributed by atoms with Crippen LogP contribution < -0.4 is 29.6 Å². The quantitative estimate of drug-likeness (QED) is 0.209. The molecule has 0 saturated heterocycles. The van der Waals surface area contributed by atoms with Gasteiger partial charge in [0.2, 0.25) is 0 Å². The van der Waals surface area contributed by atoms with Crippen LogP contribution in [0.1, 0.15) is 1.43 Å². The maximum absolute atomic E-state index is 9.32. The van der Waals surface area contributed by atoms with Crippen molar-refractivity contribution in [2.75, 3.05) is 11.9 Å². The number of rotatable bonds is 3. The summed E-state index contributed by atoms with van der Waals surface area (Å²) >= 11 is 3.07. The van der Waals surface area contributed by atoms with Crippen molar-refractivity contribution in [2.24, 2.45) is 0 Å². The molecule has 0 aromatic heterocycles. The molecule has 0 aliphatic heterocycles. The van der Waals surface area contributed by atoms with Crippen molar-refractivity contribution in [3.8, 4) is 0 Å². The summed E-state index contributed by atoms with van der Waals surface area (Å²) in [5.74, 6) is 0. The standard InChI is InChI=1S/C3H5BrO2.Na.H/c4-1-2-6-3-5;;/h3H,1-2H2;;/q;+1;-1. The fraction of sp³-hybridized carbons (Fsp3) is 0.667. The Balaban J connectivity index is -0.000000125. The van der Waals surface area contributed by atoms with E-state index < -0.39 is 0 Å². The number of alkyl halides is 1. The number of hydrogen-bond donors (Lipinski definition) is 0. The molecule has 0 atom stereocenters. The summed E-state index contributed by atoms with van der Waals surface area (Å²) < 4.78 is 4.26. The molecule has 0 unspecified atom stereocenters. The summed E-state index contributed by atoms with van der Waals surface area (Å²) in [4.78, 5) is 9.32. The Kier molecular flexibility index (Phi) is 15.6. The second kappa shape index (κ2) is 10.0. The minimum Gasteiger partial charge on any atom is -1.00 e. The van der Waals surface area contributed by atoms with Gasteiger partial charge in [-0.2, -0.15) is 0 Å². The van der Waals surface area contributed by atoms with E-state index in [0.29, 0.717) is 18.4 Å². The Labute approximate surface area is 74.5 Å². The molecule has 0 amide bonds. The number of halogens is 1. The first-order chi connectivity index (χ1) is 2.91. The zero-order valence-electron chi connectivity index (χ0n) is 5.19. The van der Waals surface area contributed by atoms with Gasteiger partial charge in [-0.3, -0.25) is 4.79 Å². The maximum Gasteiger partial charge on any atom is 1.00 e. The minimum absolute atomic E-state index is 0. The van der Waals surface area contributed by atoms with Crippen LogP contribution in [0.3, 0.4) is 0 Å². The molecule has 0 heterocycles. The van der Waals surface area contributed by atoms with Gasteiger partial charge in [-0.1, -0.05) is 15.9 Å². The van der Waals surface area contributed by atoms with Crippen LogP contribution in [0.5, 0.6) is 0 Å². The van der Waals surface area contributed by atoms with Gasteiger partial charge in [0.1, 0.15) is 6.61 Å². The summed E-state index contributed by atoms with van der Waals surface area (Å²) in [6.45, 7) is 0.894. The zero-order valence-corrected chi connectivity index (χ0v) is 7.77. The van der Waals surface area contributed by atoms with Gasteiger partial charge < -0.3 is 6.16 Å². The molecule has 0 aromatic rings. The van der Waals surface area contributed by atoms with Crippen molar-refractivity contribution in [3.63, 3.8) is 0 Å². The first kappa shape index (κ1) is 10.8. The van der Waals surface area contributed by atoms with Gasteiger partial charge in [0.25, 0.3) is 6.47 Å². The summed E-state index contributed by atoms with van der Waals surface area (Å²) in [6, 6.07) is 0. The zero-order chi connectivity index (χ0) is 4.83. The minimum atomic E-state index is 0. The molecule has 0 N–H and O–H groups in total. The molecule has 0 aromatic carbocycles. The Bertz CT molecular complexity index is 46.3. The van der Waals surface area contributed by atoms with Crippen molar-refractivity contribution in [1.29, 1.82) is 0 Å². The van der Waals surface area contributed by atoms with Crippen LogP contribution in [0.4, 0.5) is 0 Å². The summed E-state index contributed by atoms with van der Waals surface area (Å²) in [7, 11) is 0. The summed E-state index contributed by atoms with van der Waals surface area (Å²) in [5.41, 5.74) is 0. The van der Waals surface area contributed by atoms with E-state index in [9.17, 15) is 4.79 Å². The van der Waals surface area contributed by atoms with Crippen LogP contribution in [-0.4, -0.2) is 18.4 Å². The van der Waals surface area contributed by atoms with Crippen LogP contribution >= 0.6 is 15.9 Å². The Morgan fingerprint density at radius 2 is 2.43 bits per heavy atom. The number of carbonyl (C=O) groups is 1. The molecular weight excluding hydrogens is 171 g/mol. The van der Waals surface area contributed by atoms with Crippen molar-refractivity contribution < 1.29 is 40.5 Å². The smallest absolute Gasteiger partial charge is 1.00 e. The molecule has 7 heavy (non-hydrogen) atoms. The monoisotopic (exact) mass is 176 g/mol. The van der Waals surface area contributed by atoms with E-state index in [-0.39, 0.29) is 31.0 Å². The molecule has 0 saturated carbocycles. The van der Waals surface area contributed by atoms with Crippen molar-refractivity contribution >= 4 is 22.4 Å². The fourth-order valence-electron chi connectivity index (χ4n) is 0.0927. The SMILES string of the molecule is O=COCCBr.[H-].[Na+]. The Morgan fingerprint density at radius 1 is 1.86 bits per heavy atom. The van der Waals surface area contributed by atoms with Crippen LogP contribution in [0.25, 0.3) is 0 Å². The number of ether oxygens (including phenoxy) is 1. The van der Waals surface area contributed by atoms with E-state index in [1.165, 1.54) is 0 Å². The Hall–Kier alpha value is 0.950. The van der Waals surface area contributed by atoms with Gasteiger partial charge in [0.15, 0.2) is 0 Å². The second-order valence-electron chi connectivity index (χ2n) is 0.656. The Morgan fingerprint density at radius 3 is 2.57 bits per heavy atom. The molecule has 0 fully saturated rings. The molecule has 2 nitrogen and oxygen atoms in total. The fourth-order valence-corrected chi connectivity index (χ4v) is 0.280. The van der Waals surface area contributed by atoms with Gasteiger partial charge >= 0.3 is 29.6 Å². The van der Waals surface area contributed by atoms with E-state index in [4.69, 9.17) is 0 Å². The molecule has 38 valence electrons. The first-order valence-corrected chi connectivity index (χ1v) is 2.65. The predicted molar refractivity (Wildman–Crippen MR) is 26.9 cm³/mol. The molecule has 0 bridgehead atoms. The largest absolute Gasteiger partial charge is 1.00 e. The van der Waals surface area contributed by atoms with Crippen LogP contribution in [0, 0.1) is 0 Å². The maximum atomic E-state index is 9.32. The second-order valence-corrected chi connectivity index (χ2v) is 1.45. The molecule has 4 heteroatoms. The van der Waals surface area contributed by atoms with Crippen LogP contribution in [0.15, 0.2) is 0 Å². The number of hydrogen-bond acceptors (Lipinski definition) is 2. The van der Waals surface area contributed by atoms with Crippen molar-refractivity contribution in [3.05, 3.63) is 0 Å². The van der Waals surface area contributed by atoms with Gasteiger partial charge in [-0.15, -0.1) is 0 Å². The average Bonchev–Trinajstić information content (AvgIpc) is 1.61. The van der Waals surface area contributed by atoms with Gasteiger partial charge in [-0.05, 0) is 0 Å². The van der Waals surface area contributed by atoms with E-state index in [1.807, 2.05) is 0 Å². The van der Waals surface area contributed by atoms with Crippen LogP contribution in [-0.2, 0) is 9.53 Å². The van der Waals surface area contributed by atoms with E-state index in [0.717, 1.165) is 0 Å². The normalized spacial score (nSPS) is 6.43. The van der Waals surface area contributed by atoms with Gasteiger partial charge in [0.05, 0.1) is 0 Å². The third kappa shape index (κ3) is 10.9. The van der Waals surface area contributed by atoms with E-state index in [2.05, 4.69) is 20.7 Å². The number of carbonyl (C=O) groups excluding carboxylic acids is 1. The topological polar surface area (TPSA) is 26.3 Å². The van der Waals surface area contributed by atoms with E-state index in [1.54, 1.807) is 0 Å².